The maximum Gasteiger partial charge on any atom is 0.584 e. The summed E-state index contributed by atoms with van der Waals surface area (Å²) < 4.78 is 40.2. The molecule has 1 unspecified atom stereocenters. The van der Waals surface area contributed by atoms with Gasteiger partial charge in [-0.1, -0.05) is 95.2 Å². The highest BCUT2D eigenvalue weighted by Crippen LogP contribution is 2.63. The lowest BCUT2D eigenvalue weighted by molar-refractivity contribution is 0.295. The van der Waals surface area contributed by atoms with E-state index in [1.165, 1.54) is 22.3 Å². The van der Waals surface area contributed by atoms with E-state index in [9.17, 15) is 9.46 Å². The van der Waals surface area contributed by atoms with Crippen LogP contribution >= 0.6 is 7.82 Å². The fraction of sp³-hybridized carbons (Fsp3) is 0.520. The first-order valence-electron chi connectivity index (χ1n) is 21.0. The van der Waals surface area contributed by atoms with Crippen LogP contribution in [0.15, 0.2) is 36.4 Å². The number of phosphoric ester groups is 1. The highest BCUT2D eigenvalue weighted by atomic mass is 31.2. The largest absolute Gasteiger partial charge is 0.584 e. The van der Waals surface area contributed by atoms with E-state index in [1.54, 1.807) is 14.2 Å². The number of hydrogen-bond acceptors (Lipinski definition) is 5. The van der Waals surface area contributed by atoms with E-state index in [4.69, 9.17) is 18.5 Å². The SMILES string of the molecule is COc1c(C(C)(C)C)cc(-c2cc3c(c4c2OP(=O)(O)Oc2c(-c5ccc(C(C)(C)C)c(OC)c5C(C)(C)C)cc5c(c2-4)CCCC5)CCCC3)cc1C(C)(C)C. The molecule has 4 aromatic carbocycles. The zero-order chi connectivity index (χ0) is 41.6. The first-order chi connectivity index (χ1) is 26.5. The van der Waals surface area contributed by atoms with Gasteiger partial charge in [0.2, 0.25) is 0 Å². The van der Waals surface area contributed by atoms with Gasteiger partial charge < -0.3 is 18.5 Å². The van der Waals surface area contributed by atoms with Gasteiger partial charge in [-0.05, 0) is 136 Å². The van der Waals surface area contributed by atoms with Crippen LogP contribution in [0, 0.1) is 0 Å². The Morgan fingerprint density at radius 2 is 0.982 bits per heavy atom. The average molecular weight is 793 g/mol. The van der Waals surface area contributed by atoms with Crippen LogP contribution in [0.1, 0.15) is 153 Å². The summed E-state index contributed by atoms with van der Waals surface area (Å²) in [5.74, 6) is 2.60. The molecule has 306 valence electrons. The second kappa shape index (κ2) is 14.2. The molecule has 0 fully saturated rings. The van der Waals surface area contributed by atoms with Gasteiger partial charge in [0.05, 0.1) is 14.2 Å². The number of fused-ring (bicyclic) bond motifs is 7. The quantitative estimate of drug-likeness (QED) is 0.208. The molecule has 0 saturated carbocycles. The molecular formula is C50H65O6P. The van der Waals surface area contributed by atoms with Crippen molar-refractivity contribution in [3.05, 3.63) is 80.9 Å². The summed E-state index contributed by atoms with van der Waals surface area (Å²) in [5, 5.41) is 0. The minimum Gasteiger partial charge on any atom is -0.496 e. The molecule has 0 spiro atoms. The molecule has 0 amide bonds. The van der Waals surface area contributed by atoms with Crippen LogP contribution in [0.5, 0.6) is 23.0 Å². The Hall–Kier alpha value is -3.73. The maximum absolute atomic E-state index is 14.7. The second-order valence-corrected chi connectivity index (χ2v) is 22.1. The molecule has 2 aliphatic carbocycles. The second-order valence-electron chi connectivity index (χ2n) is 20.8. The van der Waals surface area contributed by atoms with E-state index in [1.807, 2.05) is 0 Å². The number of methoxy groups -OCH3 is 2. The molecule has 7 heteroatoms. The molecule has 0 aromatic heterocycles. The lowest BCUT2D eigenvalue weighted by Gasteiger charge is -2.33. The number of phosphoric acid groups is 1. The van der Waals surface area contributed by atoms with Crippen molar-refractivity contribution in [2.45, 2.75) is 156 Å². The van der Waals surface area contributed by atoms with Crippen LogP contribution < -0.4 is 18.5 Å². The van der Waals surface area contributed by atoms with Crippen LogP contribution in [0.25, 0.3) is 33.4 Å². The minimum atomic E-state index is -4.73. The number of ether oxygens (including phenoxy) is 2. The normalized spacial score (nSPS) is 18.3. The number of aryl methyl sites for hydroxylation is 2. The van der Waals surface area contributed by atoms with Crippen LogP contribution in [0.4, 0.5) is 0 Å². The van der Waals surface area contributed by atoms with Crippen LogP contribution in [-0.4, -0.2) is 19.1 Å². The van der Waals surface area contributed by atoms with Crippen molar-refractivity contribution in [3.8, 4) is 56.4 Å². The van der Waals surface area contributed by atoms with Crippen LogP contribution in [0.2, 0.25) is 0 Å². The molecule has 1 aliphatic heterocycles. The smallest absolute Gasteiger partial charge is 0.496 e. The monoisotopic (exact) mass is 792 g/mol. The molecule has 0 bridgehead atoms. The van der Waals surface area contributed by atoms with E-state index in [-0.39, 0.29) is 21.7 Å². The molecule has 7 rings (SSSR count). The summed E-state index contributed by atoms with van der Waals surface area (Å²) >= 11 is 0. The molecule has 3 aliphatic rings. The molecule has 1 atom stereocenters. The van der Waals surface area contributed by atoms with E-state index in [2.05, 4.69) is 119 Å². The molecule has 6 nitrogen and oxygen atoms in total. The minimum absolute atomic E-state index is 0.169. The van der Waals surface area contributed by atoms with Crippen molar-refractivity contribution in [2.75, 3.05) is 14.2 Å². The van der Waals surface area contributed by atoms with Gasteiger partial charge in [-0.2, -0.15) is 0 Å². The van der Waals surface area contributed by atoms with Gasteiger partial charge in [-0.3, -0.25) is 4.89 Å². The highest BCUT2D eigenvalue weighted by Gasteiger charge is 2.42. The summed E-state index contributed by atoms with van der Waals surface area (Å²) in [6.45, 7) is 26.5. The molecule has 0 saturated heterocycles. The predicted octanol–water partition coefficient (Wildman–Crippen LogP) is 13.5. The van der Waals surface area contributed by atoms with Crippen molar-refractivity contribution in [1.29, 1.82) is 0 Å². The number of benzene rings is 4. The van der Waals surface area contributed by atoms with Gasteiger partial charge in [0.1, 0.15) is 23.0 Å². The van der Waals surface area contributed by atoms with Crippen molar-refractivity contribution in [2.24, 2.45) is 0 Å². The summed E-state index contributed by atoms with van der Waals surface area (Å²) in [6, 6.07) is 13.2. The lowest BCUT2D eigenvalue weighted by atomic mass is 9.73. The third-order valence-electron chi connectivity index (χ3n) is 12.3. The molecule has 0 radical (unpaired) electrons. The summed E-state index contributed by atoms with van der Waals surface area (Å²) in [5.41, 5.74) is 13.7. The van der Waals surface area contributed by atoms with E-state index in [0.29, 0.717) is 11.5 Å². The number of hydrogen-bond donors (Lipinski definition) is 1. The Morgan fingerprint density at radius 1 is 0.544 bits per heavy atom. The Balaban J connectivity index is 1.66. The Labute approximate surface area is 342 Å². The molecule has 57 heavy (non-hydrogen) atoms. The third-order valence-corrected chi connectivity index (χ3v) is 13.1. The Kier molecular flexibility index (Phi) is 10.3. The van der Waals surface area contributed by atoms with Gasteiger partial charge in [-0.15, -0.1) is 0 Å². The maximum atomic E-state index is 14.7. The van der Waals surface area contributed by atoms with E-state index < -0.39 is 7.82 Å². The molecule has 4 aromatic rings. The molecule has 1 N–H and O–H groups in total. The van der Waals surface area contributed by atoms with Crippen LogP contribution in [-0.2, 0) is 51.9 Å². The fourth-order valence-electron chi connectivity index (χ4n) is 9.63. The van der Waals surface area contributed by atoms with Gasteiger partial charge in [0, 0.05) is 38.9 Å². The van der Waals surface area contributed by atoms with E-state index >= 15 is 0 Å². The molecular weight excluding hydrogens is 728 g/mol. The molecule has 1 heterocycles. The summed E-state index contributed by atoms with van der Waals surface area (Å²) in [7, 11) is -1.23. The van der Waals surface area contributed by atoms with Gasteiger partial charge in [0.25, 0.3) is 0 Å². The van der Waals surface area contributed by atoms with Crippen molar-refractivity contribution >= 4 is 7.82 Å². The zero-order valence-corrected chi connectivity index (χ0v) is 38.0. The fourth-order valence-corrected chi connectivity index (χ4v) is 10.5. The van der Waals surface area contributed by atoms with Crippen molar-refractivity contribution in [1.82, 2.24) is 0 Å². The predicted molar refractivity (Wildman–Crippen MR) is 235 cm³/mol. The van der Waals surface area contributed by atoms with Gasteiger partial charge in [-0.25, -0.2) is 4.57 Å². The average Bonchev–Trinajstić information content (AvgIpc) is 3.24. The first-order valence-corrected chi connectivity index (χ1v) is 22.5. The van der Waals surface area contributed by atoms with Crippen LogP contribution in [0.3, 0.4) is 0 Å². The Morgan fingerprint density at radius 3 is 1.42 bits per heavy atom. The summed E-state index contributed by atoms with van der Waals surface area (Å²) in [6.07, 6.45) is 7.83. The first kappa shape index (κ1) is 41.4. The summed E-state index contributed by atoms with van der Waals surface area (Å²) in [4.78, 5) is 12.0. The number of rotatable bonds is 4. The standard InChI is InChI=1S/C50H65O6P/c1-47(2,3)37-24-23-34(42(46(37)54-14)50(10,11)12)36-26-30-20-16-18-22-33(30)41-40-32-21-17-15-19-29(32)25-35(43(40)55-57(51,52)56-44(36)41)31-27-38(48(4,5)6)45(53-13)39(28-31)49(7,8)9/h23-28H,15-22H2,1-14H3,(H,51,52). The van der Waals surface area contributed by atoms with Crippen molar-refractivity contribution in [3.63, 3.8) is 0 Å². The highest BCUT2D eigenvalue weighted by molar-refractivity contribution is 7.48. The Bertz CT molecular complexity index is 2270. The van der Waals surface area contributed by atoms with Gasteiger partial charge >= 0.3 is 7.82 Å². The zero-order valence-electron chi connectivity index (χ0n) is 37.1. The lowest BCUT2D eigenvalue weighted by Crippen LogP contribution is -2.20. The van der Waals surface area contributed by atoms with Crippen molar-refractivity contribution < 1.29 is 28.0 Å². The topological polar surface area (TPSA) is 74.2 Å². The third kappa shape index (κ3) is 7.44. The van der Waals surface area contributed by atoms with Gasteiger partial charge in [0.15, 0.2) is 0 Å². The van der Waals surface area contributed by atoms with E-state index in [0.717, 1.165) is 119 Å².